The number of methoxy groups -OCH3 is 1. The highest BCUT2D eigenvalue weighted by molar-refractivity contribution is 6.00. The Labute approximate surface area is 147 Å². The van der Waals surface area contributed by atoms with Gasteiger partial charge in [-0.05, 0) is 31.0 Å². The SMILES string of the molecule is COc1ccc2c(c1)C(=O)CC1(CCN(C(=O)N3CCCC3)CC1)O2. The summed E-state index contributed by atoms with van der Waals surface area (Å²) >= 11 is 0. The first kappa shape index (κ1) is 16.2. The second kappa shape index (κ2) is 6.24. The van der Waals surface area contributed by atoms with Crippen LogP contribution < -0.4 is 9.47 Å². The lowest BCUT2D eigenvalue weighted by Gasteiger charge is -2.44. The van der Waals surface area contributed by atoms with E-state index in [9.17, 15) is 9.59 Å². The Balaban J connectivity index is 1.46. The zero-order valence-corrected chi connectivity index (χ0v) is 14.6. The van der Waals surface area contributed by atoms with Gasteiger partial charge in [-0.3, -0.25) is 4.79 Å². The maximum atomic E-state index is 12.6. The fourth-order valence-corrected chi connectivity index (χ4v) is 4.09. The van der Waals surface area contributed by atoms with Gasteiger partial charge in [-0.1, -0.05) is 0 Å². The van der Waals surface area contributed by atoms with Crippen molar-refractivity contribution in [2.45, 2.75) is 37.7 Å². The van der Waals surface area contributed by atoms with Crippen LogP contribution in [0.25, 0.3) is 0 Å². The Hall–Kier alpha value is -2.24. The van der Waals surface area contributed by atoms with Gasteiger partial charge < -0.3 is 19.3 Å². The van der Waals surface area contributed by atoms with Gasteiger partial charge in [0.15, 0.2) is 5.78 Å². The van der Waals surface area contributed by atoms with Gasteiger partial charge in [0, 0.05) is 39.0 Å². The number of Topliss-reactive ketones (excluding diaryl/α,β-unsaturated/α-hetero) is 1. The summed E-state index contributed by atoms with van der Waals surface area (Å²) in [5.74, 6) is 1.40. The predicted molar refractivity (Wildman–Crippen MR) is 92.3 cm³/mol. The Morgan fingerprint density at radius 3 is 2.48 bits per heavy atom. The molecule has 0 saturated carbocycles. The number of nitrogens with zero attached hydrogens (tertiary/aromatic N) is 2. The third kappa shape index (κ3) is 2.94. The number of hydrogen-bond donors (Lipinski definition) is 0. The molecule has 2 amide bonds. The standard InChI is InChI=1S/C19H24N2O4/c1-24-14-4-5-17-15(12-14)16(22)13-19(25-17)6-10-21(11-7-19)18(23)20-8-2-3-9-20/h4-5,12H,2-3,6-11,13H2,1H3. The van der Waals surface area contributed by atoms with Crippen LogP contribution >= 0.6 is 0 Å². The van der Waals surface area contributed by atoms with Gasteiger partial charge in [-0.15, -0.1) is 0 Å². The van der Waals surface area contributed by atoms with Crippen LogP contribution in [-0.2, 0) is 0 Å². The van der Waals surface area contributed by atoms with Crippen molar-refractivity contribution in [3.8, 4) is 11.5 Å². The fraction of sp³-hybridized carbons (Fsp3) is 0.579. The van der Waals surface area contributed by atoms with Crippen LogP contribution in [0.2, 0.25) is 0 Å². The Kier molecular flexibility index (Phi) is 4.06. The van der Waals surface area contributed by atoms with Crippen LogP contribution in [0.4, 0.5) is 4.79 Å². The van der Waals surface area contributed by atoms with E-state index in [0.29, 0.717) is 49.4 Å². The molecule has 0 unspecified atom stereocenters. The van der Waals surface area contributed by atoms with E-state index < -0.39 is 5.60 Å². The number of fused-ring (bicyclic) bond motifs is 1. The van der Waals surface area contributed by atoms with Gasteiger partial charge >= 0.3 is 6.03 Å². The molecule has 6 heteroatoms. The average molecular weight is 344 g/mol. The maximum Gasteiger partial charge on any atom is 0.320 e. The Morgan fingerprint density at radius 2 is 1.80 bits per heavy atom. The molecular formula is C19H24N2O4. The van der Waals surface area contributed by atoms with Crippen molar-refractivity contribution >= 4 is 11.8 Å². The second-order valence-electron chi connectivity index (χ2n) is 7.21. The fourth-order valence-electron chi connectivity index (χ4n) is 4.09. The Bertz CT molecular complexity index is 689. The van der Waals surface area contributed by atoms with E-state index >= 15 is 0 Å². The smallest absolute Gasteiger partial charge is 0.320 e. The zero-order chi connectivity index (χ0) is 17.4. The van der Waals surface area contributed by atoms with Crippen LogP contribution in [0.5, 0.6) is 11.5 Å². The molecule has 6 nitrogen and oxygen atoms in total. The van der Waals surface area contributed by atoms with Crippen LogP contribution in [0.15, 0.2) is 18.2 Å². The number of urea groups is 1. The van der Waals surface area contributed by atoms with E-state index in [4.69, 9.17) is 9.47 Å². The van der Waals surface area contributed by atoms with Crippen molar-refractivity contribution in [1.82, 2.24) is 9.80 Å². The summed E-state index contributed by atoms with van der Waals surface area (Å²) in [6.07, 6.45) is 3.97. The van der Waals surface area contributed by atoms with Crippen molar-refractivity contribution in [3.63, 3.8) is 0 Å². The minimum absolute atomic E-state index is 0.0967. The molecule has 25 heavy (non-hydrogen) atoms. The highest BCUT2D eigenvalue weighted by atomic mass is 16.5. The first-order valence-corrected chi connectivity index (χ1v) is 9.04. The summed E-state index contributed by atoms with van der Waals surface area (Å²) in [5.41, 5.74) is 0.126. The van der Waals surface area contributed by atoms with Crippen LogP contribution in [-0.4, -0.2) is 60.5 Å². The number of hydrogen-bond acceptors (Lipinski definition) is 4. The summed E-state index contributed by atoms with van der Waals surface area (Å²) in [4.78, 5) is 29.0. The van der Waals surface area contributed by atoms with Crippen LogP contribution in [0.1, 0.15) is 42.5 Å². The number of carbonyl (C=O) groups excluding carboxylic acids is 2. The molecule has 1 spiro atoms. The lowest BCUT2D eigenvalue weighted by molar-refractivity contribution is -0.00328. The van der Waals surface area contributed by atoms with Gasteiger partial charge in [-0.25, -0.2) is 4.79 Å². The van der Waals surface area contributed by atoms with Gasteiger partial charge in [-0.2, -0.15) is 0 Å². The Morgan fingerprint density at radius 1 is 1.12 bits per heavy atom. The maximum absolute atomic E-state index is 12.6. The summed E-state index contributed by atoms with van der Waals surface area (Å²) in [7, 11) is 1.59. The molecule has 2 saturated heterocycles. The molecule has 1 aromatic rings. The highest BCUT2D eigenvalue weighted by Gasteiger charge is 2.44. The molecule has 3 heterocycles. The molecule has 134 valence electrons. The molecule has 1 aromatic carbocycles. The molecule has 0 N–H and O–H groups in total. The molecule has 3 aliphatic rings. The van der Waals surface area contributed by atoms with Crippen molar-refractivity contribution in [3.05, 3.63) is 23.8 Å². The van der Waals surface area contributed by atoms with Gasteiger partial charge in [0.05, 0.1) is 19.1 Å². The van der Waals surface area contributed by atoms with Crippen molar-refractivity contribution in [2.24, 2.45) is 0 Å². The molecule has 0 aliphatic carbocycles. The van der Waals surface area contributed by atoms with Gasteiger partial charge in [0.1, 0.15) is 17.1 Å². The van der Waals surface area contributed by atoms with Crippen molar-refractivity contribution in [1.29, 1.82) is 0 Å². The number of rotatable bonds is 1. The van der Waals surface area contributed by atoms with E-state index in [2.05, 4.69) is 0 Å². The molecule has 0 bridgehead atoms. The first-order valence-electron chi connectivity index (χ1n) is 9.04. The topological polar surface area (TPSA) is 59.1 Å². The van der Waals surface area contributed by atoms with Crippen molar-refractivity contribution in [2.75, 3.05) is 33.3 Å². The van der Waals surface area contributed by atoms with E-state index in [-0.39, 0.29) is 11.8 Å². The van der Waals surface area contributed by atoms with Gasteiger partial charge in [0.25, 0.3) is 0 Å². The van der Waals surface area contributed by atoms with E-state index in [1.807, 2.05) is 21.9 Å². The summed E-state index contributed by atoms with van der Waals surface area (Å²) in [5, 5.41) is 0. The number of likely N-dealkylation sites (tertiary alicyclic amines) is 2. The largest absolute Gasteiger partial charge is 0.497 e. The summed E-state index contributed by atoms with van der Waals surface area (Å²) in [6, 6.07) is 5.52. The summed E-state index contributed by atoms with van der Waals surface area (Å²) < 4.78 is 11.5. The third-order valence-corrected chi connectivity index (χ3v) is 5.62. The first-order chi connectivity index (χ1) is 12.1. The molecule has 0 atom stereocenters. The number of ketones is 1. The molecular weight excluding hydrogens is 320 g/mol. The quantitative estimate of drug-likeness (QED) is 0.786. The summed E-state index contributed by atoms with van der Waals surface area (Å²) in [6.45, 7) is 3.03. The van der Waals surface area contributed by atoms with E-state index in [0.717, 1.165) is 25.9 Å². The number of piperidine rings is 1. The van der Waals surface area contributed by atoms with Crippen molar-refractivity contribution < 1.29 is 19.1 Å². The van der Waals surface area contributed by atoms with E-state index in [1.165, 1.54) is 0 Å². The number of ether oxygens (including phenoxy) is 2. The molecule has 4 rings (SSSR count). The lowest BCUT2D eigenvalue weighted by atomic mass is 9.82. The lowest BCUT2D eigenvalue weighted by Crippen LogP contribution is -2.54. The molecule has 3 aliphatic heterocycles. The number of carbonyl (C=O) groups is 2. The zero-order valence-electron chi connectivity index (χ0n) is 14.6. The number of amides is 2. The van der Waals surface area contributed by atoms with E-state index in [1.54, 1.807) is 13.2 Å². The third-order valence-electron chi connectivity index (χ3n) is 5.62. The highest BCUT2D eigenvalue weighted by Crippen LogP contribution is 2.40. The van der Waals surface area contributed by atoms with Crippen LogP contribution in [0, 0.1) is 0 Å². The average Bonchev–Trinajstić information content (AvgIpc) is 3.16. The molecule has 0 radical (unpaired) electrons. The second-order valence-corrected chi connectivity index (χ2v) is 7.21. The monoisotopic (exact) mass is 344 g/mol. The molecule has 2 fully saturated rings. The number of benzene rings is 1. The predicted octanol–water partition coefficient (Wildman–Crippen LogP) is 2.71. The van der Waals surface area contributed by atoms with Crippen LogP contribution in [0.3, 0.4) is 0 Å². The van der Waals surface area contributed by atoms with Gasteiger partial charge in [0.2, 0.25) is 0 Å². The minimum atomic E-state index is -0.472. The normalized spacial score (nSPS) is 21.9. The minimum Gasteiger partial charge on any atom is -0.497 e. The molecule has 0 aromatic heterocycles.